The minimum absolute atomic E-state index is 0.175. The summed E-state index contributed by atoms with van der Waals surface area (Å²) in [6, 6.07) is 24.3. The van der Waals surface area contributed by atoms with E-state index in [0.29, 0.717) is 43.8 Å². The highest BCUT2D eigenvalue weighted by Crippen LogP contribution is 2.47. The van der Waals surface area contributed by atoms with E-state index < -0.39 is 23.9 Å². The molecule has 0 atom stereocenters. The molecule has 0 radical (unpaired) electrons. The van der Waals surface area contributed by atoms with E-state index in [4.69, 9.17) is 18.9 Å². The first-order chi connectivity index (χ1) is 20.4. The van der Waals surface area contributed by atoms with Crippen molar-refractivity contribution in [2.24, 2.45) is 0 Å². The average molecular weight is 563 g/mol. The third-order valence-corrected chi connectivity index (χ3v) is 7.18. The maximum Gasteiger partial charge on any atom is 0.338 e. The van der Waals surface area contributed by atoms with Gasteiger partial charge in [-0.15, -0.1) is 0 Å². The fourth-order valence-corrected chi connectivity index (χ4v) is 5.43. The van der Waals surface area contributed by atoms with Crippen LogP contribution in [0.2, 0.25) is 0 Å². The standard InChI is InChI=1S/C34H26O8/c1-39-31(35)23-15-9-16-24(32(36)40-2)29(23)27-19-11-5-7-13-21(19)28(22-14-8-6-12-20(22)27)30-25(33(37)41-3)17-10-18-26(30)34(38)42-4/h5-18H,1-4H3. The van der Waals surface area contributed by atoms with E-state index in [1.807, 2.05) is 48.5 Å². The molecule has 0 unspecified atom stereocenters. The summed E-state index contributed by atoms with van der Waals surface area (Å²) >= 11 is 0. The van der Waals surface area contributed by atoms with E-state index in [0.717, 1.165) is 0 Å². The summed E-state index contributed by atoms with van der Waals surface area (Å²) in [6.07, 6.45) is 0. The monoisotopic (exact) mass is 562 g/mol. The van der Waals surface area contributed by atoms with E-state index in [1.165, 1.54) is 28.4 Å². The lowest BCUT2D eigenvalue weighted by molar-refractivity contribution is 0.0583. The smallest absolute Gasteiger partial charge is 0.338 e. The van der Waals surface area contributed by atoms with Gasteiger partial charge in [-0.1, -0.05) is 60.7 Å². The van der Waals surface area contributed by atoms with Gasteiger partial charge in [-0.05, 0) is 56.9 Å². The van der Waals surface area contributed by atoms with Gasteiger partial charge in [0.1, 0.15) is 0 Å². The molecule has 0 saturated heterocycles. The van der Waals surface area contributed by atoms with Crippen LogP contribution in [0.4, 0.5) is 0 Å². The van der Waals surface area contributed by atoms with Gasteiger partial charge in [0, 0.05) is 11.1 Å². The van der Waals surface area contributed by atoms with Gasteiger partial charge in [-0.2, -0.15) is 0 Å². The maximum absolute atomic E-state index is 13.1. The van der Waals surface area contributed by atoms with E-state index in [9.17, 15) is 19.2 Å². The molecule has 0 N–H and O–H groups in total. The van der Waals surface area contributed by atoms with Gasteiger partial charge in [-0.3, -0.25) is 0 Å². The first-order valence-electron chi connectivity index (χ1n) is 12.9. The van der Waals surface area contributed by atoms with Crippen molar-refractivity contribution in [2.75, 3.05) is 28.4 Å². The Balaban J connectivity index is 2.06. The molecule has 0 aromatic heterocycles. The summed E-state index contributed by atoms with van der Waals surface area (Å²) in [7, 11) is 5.09. The minimum atomic E-state index is -0.628. The van der Waals surface area contributed by atoms with Crippen LogP contribution >= 0.6 is 0 Å². The van der Waals surface area contributed by atoms with Gasteiger partial charge in [0.05, 0.1) is 50.7 Å². The fourth-order valence-electron chi connectivity index (χ4n) is 5.43. The number of carbonyl (C=O) groups excluding carboxylic acids is 4. The molecule has 0 aliphatic carbocycles. The third-order valence-electron chi connectivity index (χ3n) is 7.18. The second-order valence-electron chi connectivity index (χ2n) is 9.26. The Labute approximate surface area is 241 Å². The van der Waals surface area contributed by atoms with E-state index in [1.54, 1.807) is 36.4 Å². The van der Waals surface area contributed by atoms with Gasteiger partial charge in [0.15, 0.2) is 0 Å². The highest BCUT2D eigenvalue weighted by Gasteiger charge is 2.29. The van der Waals surface area contributed by atoms with Gasteiger partial charge < -0.3 is 18.9 Å². The van der Waals surface area contributed by atoms with Crippen LogP contribution in [-0.4, -0.2) is 52.3 Å². The second-order valence-corrected chi connectivity index (χ2v) is 9.26. The highest BCUT2D eigenvalue weighted by atomic mass is 16.5. The number of rotatable bonds is 6. The molecule has 5 aromatic carbocycles. The molecule has 0 aliphatic heterocycles. The molecule has 5 aromatic rings. The summed E-state index contributed by atoms with van der Waals surface area (Å²) in [4.78, 5) is 52.2. The van der Waals surface area contributed by atoms with Crippen molar-refractivity contribution in [3.05, 3.63) is 107 Å². The molecule has 0 amide bonds. The number of hydrogen-bond acceptors (Lipinski definition) is 8. The van der Waals surface area contributed by atoms with Crippen molar-refractivity contribution in [1.82, 2.24) is 0 Å². The van der Waals surface area contributed by atoms with Crippen molar-refractivity contribution in [3.8, 4) is 22.3 Å². The first-order valence-corrected chi connectivity index (χ1v) is 12.9. The molecule has 8 heteroatoms. The average Bonchev–Trinajstić information content (AvgIpc) is 3.05. The van der Waals surface area contributed by atoms with Crippen molar-refractivity contribution < 1.29 is 38.1 Å². The lowest BCUT2D eigenvalue weighted by atomic mass is 9.81. The number of esters is 4. The molecular formula is C34H26O8. The normalized spacial score (nSPS) is 10.8. The second kappa shape index (κ2) is 11.5. The predicted molar refractivity (Wildman–Crippen MR) is 158 cm³/mol. The summed E-state index contributed by atoms with van der Waals surface area (Å²) in [5.74, 6) is -2.51. The van der Waals surface area contributed by atoms with Crippen LogP contribution in [0, 0.1) is 0 Å². The molecular weight excluding hydrogens is 536 g/mol. The molecule has 8 nitrogen and oxygen atoms in total. The van der Waals surface area contributed by atoms with E-state index in [2.05, 4.69) is 0 Å². The summed E-state index contributed by atoms with van der Waals surface area (Å²) in [5.41, 5.74) is 2.54. The third kappa shape index (κ3) is 4.53. The van der Waals surface area contributed by atoms with Gasteiger partial charge >= 0.3 is 23.9 Å². The number of fused-ring (bicyclic) bond motifs is 2. The lowest BCUT2D eigenvalue weighted by Crippen LogP contribution is -2.12. The van der Waals surface area contributed by atoms with Crippen LogP contribution in [0.5, 0.6) is 0 Å². The molecule has 210 valence electrons. The zero-order valence-electron chi connectivity index (χ0n) is 23.3. The zero-order valence-corrected chi connectivity index (χ0v) is 23.3. The van der Waals surface area contributed by atoms with Gasteiger partial charge in [-0.25, -0.2) is 19.2 Å². The van der Waals surface area contributed by atoms with Crippen molar-refractivity contribution >= 4 is 45.4 Å². The van der Waals surface area contributed by atoms with Crippen LogP contribution in [0.15, 0.2) is 84.9 Å². The topological polar surface area (TPSA) is 105 Å². The largest absolute Gasteiger partial charge is 0.465 e. The minimum Gasteiger partial charge on any atom is -0.465 e. The van der Waals surface area contributed by atoms with E-state index in [-0.39, 0.29) is 22.3 Å². The van der Waals surface area contributed by atoms with Gasteiger partial charge in [0.2, 0.25) is 0 Å². The zero-order chi connectivity index (χ0) is 30.0. The van der Waals surface area contributed by atoms with Crippen molar-refractivity contribution in [1.29, 1.82) is 0 Å². The Bertz CT molecular complexity index is 1640. The van der Waals surface area contributed by atoms with Crippen LogP contribution in [0.1, 0.15) is 41.4 Å². The SMILES string of the molecule is COC(=O)c1cccc(C(=O)OC)c1-c1c2ccccc2c(-c2c(C(=O)OC)cccc2C(=O)OC)c2ccccc12. The number of carbonyl (C=O) groups is 4. The Morgan fingerprint density at radius 1 is 0.357 bits per heavy atom. The van der Waals surface area contributed by atoms with E-state index >= 15 is 0 Å². The van der Waals surface area contributed by atoms with Crippen LogP contribution in [-0.2, 0) is 18.9 Å². The number of benzene rings is 5. The molecule has 0 heterocycles. The maximum atomic E-state index is 13.1. The Kier molecular flexibility index (Phi) is 7.71. The molecule has 5 rings (SSSR count). The van der Waals surface area contributed by atoms with Gasteiger partial charge in [0.25, 0.3) is 0 Å². The molecule has 0 fully saturated rings. The number of ether oxygens (including phenoxy) is 4. The highest BCUT2D eigenvalue weighted by molar-refractivity contribution is 6.26. The number of methoxy groups -OCH3 is 4. The lowest BCUT2D eigenvalue weighted by Gasteiger charge is -2.22. The Hall–Kier alpha value is -5.50. The Morgan fingerprint density at radius 2 is 0.595 bits per heavy atom. The molecule has 0 aliphatic rings. The van der Waals surface area contributed by atoms with Crippen molar-refractivity contribution in [3.63, 3.8) is 0 Å². The fraction of sp³-hybridized carbons (Fsp3) is 0.118. The summed E-state index contributed by atoms with van der Waals surface area (Å²) in [6.45, 7) is 0. The van der Waals surface area contributed by atoms with Crippen molar-refractivity contribution in [2.45, 2.75) is 0 Å². The Morgan fingerprint density at radius 3 is 0.810 bits per heavy atom. The molecule has 0 saturated carbocycles. The predicted octanol–water partition coefficient (Wildman–Crippen LogP) is 6.47. The number of hydrogen-bond donors (Lipinski definition) is 0. The quantitative estimate of drug-likeness (QED) is 0.132. The molecule has 42 heavy (non-hydrogen) atoms. The van der Waals surface area contributed by atoms with Crippen LogP contribution in [0.3, 0.4) is 0 Å². The molecule has 0 bridgehead atoms. The van der Waals surface area contributed by atoms with Crippen LogP contribution in [0.25, 0.3) is 43.8 Å². The van der Waals surface area contributed by atoms with Crippen LogP contribution < -0.4 is 0 Å². The first kappa shape index (κ1) is 28.0. The summed E-state index contributed by atoms with van der Waals surface area (Å²) in [5, 5.41) is 2.62. The summed E-state index contributed by atoms with van der Waals surface area (Å²) < 4.78 is 20.4. The molecule has 0 spiro atoms.